The van der Waals surface area contributed by atoms with Crippen LogP contribution in [0.15, 0.2) is 36.3 Å². The maximum Gasteiger partial charge on any atom is 0.354 e. The molecule has 1 aromatic heterocycles. The molecular weight excluding hydrogens is 318 g/mol. The molecular formula is C14H15N5O5. The molecule has 1 N–H and O–H groups in total. The molecule has 0 spiro atoms. The number of anilines is 1. The van der Waals surface area contributed by atoms with Crippen molar-refractivity contribution in [2.45, 2.75) is 0 Å². The highest BCUT2D eigenvalue weighted by molar-refractivity contribution is 5.99. The van der Waals surface area contributed by atoms with Crippen LogP contribution in [0.5, 0.6) is 5.75 Å². The van der Waals surface area contributed by atoms with Gasteiger partial charge in [0, 0.05) is 0 Å². The second-order valence-electron chi connectivity index (χ2n) is 4.34. The molecule has 0 aliphatic rings. The minimum atomic E-state index is -0.740. The molecule has 0 fully saturated rings. The number of nitrogens with one attached hydrogen (secondary N) is 1. The monoisotopic (exact) mass is 333 g/mol. The van der Waals surface area contributed by atoms with Crippen molar-refractivity contribution in [3.63, 3.8) is 0 Å². The van der Waals surface area contributed by atoms with Gasteiger partial charge in [-0.25, -0.2) is 14.3 Å². The molecule has 10 nitrogen and oxygen atoms in total. The van der Waals surface area contributed by atoms with E-state index < -0.39 is 11.9 Å². The predicted molar refractivity (Wildman–Crippen MR) is 81.4 cm³/mol. The van der Waals surface area contributed by atoms with Gasteiger partial charge < -0.3 is 19.5 Å². The molecule has 1 aromatic carbocycles. The number of rotatable bonds is 6. The van der Waals surface area contributed by atoms with Crippen LogP contribution < -0.4 is 10.1 Å². The molecule has 24 heavy (non-hydrogen) atoms. The third-order valence-corrected chi connectivity index (χ3v) is 2.93. The number of methoxy groups -OCH3 is 3. The molecule has 2 aromatic rings. The van der Waals surface area contributed by atoms with Gasteiger partial charge in [0.2, 0.25) is 0 Å². The Balaban J connectivity index is 2.41. The summed E-state index contributed by atoms with van der Waals surface area (Å²) in [6.45, 7) is 0. The number of tetrazole rings is 1. The Morgan fingerprint density at radius 1 is 1.21 bits per heavy atom. The molecule has 0 bridgehead atoms. The van der Waals surface area contributed by atoms with Crippen molar-refractivity contribution in [3.8, 4) is 11.4 Å². The normalized spacial score (nSPS) is 10.9. The molecule has 2 rings (SSSR count). The largest absolute Gasteiger partial charge is 0.495 e. The minimum Gasteiger partial charge on any atom is -0.495 e. The highest BCUT2D eigenvalue weighted by Crippen LogP contribution is 2.28. The zero-order valence-electron chi connectivity index (χ0n) is 13.2. The molecule has 0 aliphatic heterocycles. The summed E-state index contributed by atoms with van der Waals surface area (Å²) in [7, 11) is 3.87. The van der Waals surface area contributed by atoms with Crippen molar-refractivity contribution in [2.75, 3.05) is 26.6 Å². The van der Waals surface area contributed by atoms with Crippen molar-refractivity contribution >= 4 is 17.6 Å². The van der Waals surface area contributed by atoms with E-state index in [9.17, 15) is 9.59 Å². The van der Waals surface area contributed by atoms with E-state index in [1.165, 1.54) is 32.3 Å². The van der Waals surface area contributed by atoms with Gasteiger partial charge in [-0.1, -0.05) is 0 Å². The van der Waals surface area contributed by atoms with E-state index in [1.54, 1.807) is 18.2 Å². The van der Waals surface area contributed by atoms with Crippen molar-refractivity contribution in [3.05, 3.63) is 36.3 Å². The number of carbonyl (C=O) groups is 2. The van der Waals surface area contributed by atoms with Crippen molar-refractivity contribution in [1.82, 2.24) is 20.2 Å². The van der Waals surface area contributed by atoms with Gasteiger partial charge in [-0.3, -0.25) is 0 Å². The second-order valence-corrected chi connectivity index (χ2v) is 4.34. The van der Waals surface area contributed by atoms with Crippen LogP contribution in [0.25, 0.3) is 5.69 Å². The first-order chi connectivity index (χ1) is 11.6. The van der Waals surface area contributed by atoms with Gasteiger partial charge in [0.25, 0.3) is 0 Å². The number of nitrogens with zero attached hydrogens (tertiary/aromatic N) is 4. The molecule has 0 saturated carbocycles. The van der Waals surface area contributed by atoms with Gasteiger partial charge in [0.15, 0.2) is 0 Å². The third kappa shape index (κ3) is 3.85. The Labute approximate surface area is 137 Å². The summed E-state index contributed by atoms with van der Waals surface area (Å²) in [6.07, 6.45) is 2.39. The number of aromatic nitrogens is 4. The number of carbonyl (C=O) groups excluding carboxylic acids is 2. The lowest BCUT2D eigenvalue weighted by Crippen LogP contribution is -2.16. The first kappa shape index (κ1) is 16.9. The smallest absolute Gasteiger partial charge is 0.354 e. The zero-order valence-corrected chi connectivity index (χ0v) is 13.2. The van der Waals surface area contributed by atoms with Gasteiger partial charge in [-0.05, 0) is 28.6 Å². The molecule has 0 amide bonds. The van der Waals surface area contributed by atoms with Crippen molar-refractivity contribution in [2.24, 2.45) is 0 Å². The van der Waals surface area contributed by atoms with Gasteiger partial charge in [0.05, 0.1) is 38.8 Å². The van der Waals surface area contributed by atoms with Crippen LogP contribution in [0.4, 0.5) is 5.69 Å². The fraction of sp³-hybridized carbons (Fsp3) is 0.214. The quantitative estimate of drug-likeness (QED) is 0.588. The fourth-order valence-corrected chi connectivity index (χ4v) is 1.79. The first-order valence-corrected chi connectivity index (χ1v) is 6.65. The van der Waals surface area contributed by atoms with Crippen LogP contribution in [-0.4, -0.2) is 53.5 Å². The molecule has 0 atom stereocenters. The summed E-state index contributed by atoms with van der Waals surface area (Å²) in [5.74, 6) is -1.01. The van der Waals surface area contributed by atoms with E-state index in [-0.39, 0.29) is 5.70 Å². The van der Waals surface area contributed by atoms with E-state index in [4.69, 9.17) is 4.74 Å². The summed E-state index contributed by atoms with van der Waals surface area (Å²) in [5, 5.41) is 13.7. The summed E-state index contributed by atoms with van der Waals surface area (Å²) in [5.41, 5.74) is 0.910. The van der Waals surface area contributed by atoms with E-state index in [0.29, 0.717) is 17.1 Å². The van der Waals surface area contributed by atoms with Crippen LogP contribution in [0, 0.1) is 0 Å². The average molecular weight is 333 g/mol. The highest BCUT2D eigenvalue weighted by atomic mass is 16.5. The maximum absolute atomic E-state index is 11.8. The zero-order chi connectivity index (χ0) is 17.5. The number of hydrogen-bond donors (Lipinski definition) is 1. The Hall–Kier alpha value is -3.43. The van der Waals surface area contributed by atoms with E-state index >= 15 is 0 Å². The Morgan fingerprint density at radius 3 is 2.58 bits per heavy atom. The third-order valence-electron chi connectivity index (χ3n) is 2.93. The summed E-state index contributed by atoms with van der Waals surface area (Å²) in [6, 6.07) is 5.03. The van der Waals surface area contributed by atoms with E-state index in [2.05, 4.69) is 30.3 Å². The topological polar surface area (TPSA) is 117 Å². The number of esters is 2. The molecule has 0 unspecified atom stereocenters. The van der Waals surface area contributed by atoms with Crippen LogP contribution >= 0.6 is 0 Å². The van der Waals surface area contributed by atoms with E-state index in [1.807, 2.05) is 0 Å². The minimum absolute atomic E-state index is 0.114. The van der Waals surface area contributed by atoms with Crippen molar-refractivity contribution in [1.29, 1.82) is 0 Å². The molecule has 126 valence electrons. The van der Waals surface area contributed by atoms with Crippen LogP contribution in [-0.2, 0) is 19.1 Å². The summed E-state index contributed by atoms with van der Waals surface area (Å²) >= 11 is 0. The van der Waals surface area contributed by atoms with Crippen LogP contribution in [0.2, 0.25) is 0 Å². The number of ether oxygens (including phenoxy) is 3. The Kier molecular flexibility index (Phi) is 5.45. The fourth-order valence-electron chi connectivity index (χ4n) is 1.79. The number of benzene rings is 1. The predicted octanol–water partition coefficient (Wildman–Crippen LogP) is 0.313. The second kappa shape index (κ2) is 7.72. The molecule has 1 heterocycles. The molecule has 0 radical (unpaired) electrons. The van der Waals surface area contributed by atoms with Crippen LogP contribution in [0.1, 0.15) is 0 Å². The summed E-state index contributed by atoms with van der Waals surface area (Å²) < 4.78 is 15.8. The lowest BCUT2D eigenvalue weighted by atomic mass is 10.2. The maximum atomic E-state index is 11.8. The number of hydrogen-bond acceptors (Lipinski definition) is 9. The lowest BCUT2D eigenvalue weighted by molar-refractivity contribution is -0.138. The van der Waals surface area contributed by atoms with Gasteiger partial charge in [-0.15, -0.1) is 5.10 Å². The molecule has 10 heteroatoms. The van der Waals surface area contributed by atoms with Crippen molar-refractivity contribution < 1.29 is 23.8 Å². The van der Waals surface area contributed by atoms with E-state index in [0.717, 1.165) is 6.08 Å². The molecule has 0 saturated heterocycles. The van der Waals surface area contributed by atoms with Gasteiger partial charge >= 0.3 is 11.9 Å². The SMILES string of the molecule is COC(=O)/C=C(/Nc1cc(-n2cnnn2)ccc1OC)C(=O)OC. The standard InChI is InChI=1S/C14H15N5O5/c1-22-12-5-4-9(19-8-15-17-18-19)6-10(12)16-11(14(21)24-3)7-13(20)23-2/h4-8,16H,1-3H3/b11-7+. The van der Waals surface area contributed by atoms with Gasteiger partial charge in [0.1, 0.15) is 17.8 Å². The lowest BCUT2D eigenvalue weighted by Gasteiger charge is -2.14. The molecule has 0 aliphatic carbocycles. The first-order valence-electron chi connectivity index (χ1n) is 6.65. The Morgan fingerprint density at radius 2 is 2.00 bits per heavy atom. The highest BCUT2D eigenvalue weighted by Gasteiger charge is 2.16. The average Bonchev–Trinajstić information content (AvgIpc) is 3.14. The Bertz CT molecular complexity index is 757. The summed E-state index contributed by atoms with van der Waals surface area (Å²) in [4.78, 5) is 23.3. The van der Waals surface area contributed by atoms with Crippen LogP contribution in [0.3, 0.4) is 0 Å². The van der Waals surface area contributed by atoms with Gasteiger partial charge in [-0.2, -0.15) is 0 Å².